The maximum Gasteiger partial charge on any atom is 0.238 e. The molecule has 0 saturated heterocycles. The molecule has 0 fully saturated rings. The van der Waals surface area contributed by atoms with Crippen molar-refractivity contribution in [3.63, 3.8) is 0 Å². The zero-order chi connectivity index (χ0) is 19.3. The van der Waals surface area contributed by atoms with Crippen LogP contribution < -0.4 is 15.8 Å². The lowest BCUT2D eigenvalue weighted by atomic mass is 10.0. The second-order valence-corrected chi connectivity index (χ2v) is 7.72. The Balaban J connectivity index is 1.67. The van der Waals surface area contributed by atoms with E-state index in [9.17, 15) is 8.42 Å². The molecule has 0 aliphatic rings. The fourth-order valence-electron chi connectivity index (χ4n) is 2.55. The first-order chi connectivity index (χ1) is 12.9. The van der Waals surface area contributed by atoms with E-state index < -0.39 is 10.0 Å². The van der Waals surface area contributed by atoms with E-state index in [-0.39, 0.29) is 4.90 Å². The topological polar surface area (TPSA) is 110 Å². The van der Waals surface area contributed by atoms with Crippen LogP contribution in [0.5, 0.6) is 0 Å². The van der Waals surface area contributed by atoms with Crippen molar-refractivity contribution in [2.45, 2.75) is 17.7 Å². The first-order valence-electron chi connectivity index (χ1n) is 8.43. The van der Waals surface area contributed by atoms with Crippen molar-refractivity contribution in [2.24, 2.45) is 5.14 Å². The molecule has 0 bridgehead atoms. The molecule has 0 saturated carbocycles. The van der Waals surface area contributed by atoms with Crippen LogP contribution in [-0.2, 0) is 10.0 Å². The average molecular weight is 383 g/mol. The van der Waals surface area contributed by atoms with Crippen LogP contribution in [0.15, 0.2) is 71.8 Å². The van der Waals surface area contributed by atoms with Gasteiger partial charge in [0.2, 0.25) is 16.0 Å². The molecular weight excluding hydrogens is 362 g/mol. The van der Waals surface area contributed by atoms with Gasteiger partial charge in [0.15, 0.2) is 0 Å². The van der Waals surface area contributed by atoms with E-state index in [1.165, 1.54) is 17.7 Å². The van der Waals surface area contributed by atoms with Crippen LogP contribution in [0, 0.1) is 0 Å². The van der Waals surface area contributed by atoms with Gasteiger partial charge in [-0.2, -0.15) is 4.98 Å². The summed E-state index contributed by atoms with van der Waals surface area (Å²) >= 11 is 0. The third kappa shape index (κ3) is 5.25. The number of aromatic nitrogens is 2. The molecule has 0 amide bonds. The SMILES string of the molecule is C[C@H](CNc1ccnc(Nc2cccc(S(N)(=O)=O)c2)n1)c1ccccc1. The van der Waals surface area contributed by atoms with E-state index in [1.54, 1.807) is 24.4 Å². The molecule has 7 nitrogen and oxygen atoms in total. The van der Waals surface area contributed by atoms with Crippen molar-refractivity contribution in [3.05, 3.63) is 72.4 Å². The predicted molar refractivity (Wildman–Crippen MR) is 106 cm³/mol. The van der Waals surface area contributed by atoms with Gasteiger partial charge >= 0.3 is 0 Å². The minimum atomic E-state index is -3.76. The van der Waals surface area contributed by atoms with Crippen molar-refractivity contribution in [1.82, 2.24) is 9.97 Å². The Labute approximate surface area is 158 Å². The third-order valence-electron chi connectivity index (χ3n) is 4.03. The van der Waals surface area contributed by atoms with Crippen molar-refractivity contribution in [3.8, 4) is 0 Å². The number of sulfonamides is 1. The van der Waals surface area contributed by atoms with Crippen LogP contribution >= 0.6 is 0 Å². The van der Waals surface area contributed by atoms with Gasteiger partial charge in [-0.05, 0) is 35.7 Å². The van der Waals surface area contributed by atoms with E-state index in [2.05, 4.69) is 39.7 Å². The normalized spacial score (nSPS) is 12.4. The van der Waals surface area contributed by atoms with Crippen LogP contribution in [-0.4, -0.2) is 24.9 Å². The molecule has 1 aromatic heterocycles. The molecule has 0 radical (unpaired) electrons. The zero-order valence-electron chi connectivity index (χ0n) is 14.8. The van der Waals surface area contributed by atoms with Gasteiger partial charge in [-0.15, -0.1) is 0 Å². The molecule has 1 heterocycles. The van der Waals surface area contributed by atoms with E-state index in [0.717, 1.165) is 6.54 Å². The summed E-state index contributed by atoms with van der Waals surface area (Å²) in [6.07, 6.45) is 1.63. The van der Waals surface area contributed by atoms with E-state index in [1.807, 2.05) is 18.2 Å². The molecule has 0 spiro atoms. The smallest absolute Gasteiger partial charge is 0.238 e. The van der Waals surface area contributed by atoms with Gasteiger partial charge < -0.3 is 10.6 Å². The quantitative estimate of drug-likeness (QED) is 0.578. The van der Waals surface area contributed by atoms with Crippen LogP contribution in [0.2, 0.25) is 0 Å². The summed E-state index contributed by atoms with van der Waals surface area (Å²) in [5.41, 5.74) is 1.79. The lowest BCUT2D eigenvalue weighted by molar-refractivity contribution is 0.598. The van der Waals surface area contributed by atoms with Gasteiger partial charge in [-0.3, -0.25) is 0 Å². The van der Waals surface area contributed by atoms with Crippen molar-refractivity contribution in [2.75, 3.05) is 17.2 Å². The number of hydrogen-bond donors (Lipinski definition) is 3. The average Bonchev–Trinajstić information content (AvgIpc) is 2.67. The van der Waals surface area contributed by atoms with Gasteiger partial charge in [-0.25, -0.2) is 18.5 Å². The Kier molecular flexibility index (Phi) is 5.68. The standard InChI is InChI=1S/C19H21N5O2S/c1-14(15-6-3-2-4-7-15)13-22-18-10-11-21-19(24-18)23-16-8-5-9-17(12-16)27(20,25)26/h2-12,14H,13H2,1H3,(H2,20,25,26)(H2,21,22,23,24)/t14-/m1/s1. The minimum Gasteiger partial charge on any atom is -0.369 e. The maximum atomic E-state index is 11.5. The maximum absolute atomic E-state index is 11.5. The van der Waals surface area contributed by atoms with Gasteiger partial charge in [0.05, 0.1) is 4.90 Å². The molecule has 0 aliphatic heterocycles. The molecule has 140 valence electrons. The number of nitrogens with two attached hydrogens (primary N) is 1. The van der Waals surface area contributed by atoms with Crippen LogP contribution in [0.25, 0.3) is 0 Å². The number of hydrogen-bond acceptors (Lipinski definition) is 6. The summed E-state index contributed by atoms with van der Waals surface area (Å²) in [4.78, 5) is 8.61. The summed E-state index contributed by atoms with van der Waals surface area (Å²) in [6, 6.07) is 18.2. The molecule has 0 aliphatic carbocycles. The summed E-state index contributed by atoms with van der Waals surface area (Å²) in [5, 5.41) is 11.5. The number of rotatable bonds is 7. The molecule has 1 atom stereocenters. The lowest BCUT2D eigenvalue weighted by Crippen LogP contribution is -2.12. The molecule has 3 rings (SSSR count). The highest BCUT2D eigenvalue weighted by Crippen LogP contribution is 2.19. The van der Waals surface area contributed by atoms with E-state index >= 15 is 0 Å². The largest absolute Gasteiger partial charge is 0.369 e. The highest BCUT2D eigenvalue weighted by atomic mass is 32.2. The summed E-state index contributed by atoms with van der Waals surface area (Å²) in [7, 11) is -3.76. The number of anilines is 3. The first kappa shape index (κ1) is 18.8. The van der Waals surface area contributed by atoms with Crippen LogP contribution in [0.3, 0.4) is 0 Å². The number of nitrogens with one attached hydrogen (secondary N) is 2. The first-order valence-corrected chi connectivity index (χ1v) is 9.98. The van der Waals surface area contributed by atoms with Crippen molar-refractivity contribution >= 4 is 27.5 Å². The Hall–Kier alpha value is -2.97. The monoisotopic (exact) mass is 383 g/mol. The summed E-state index contributed by atoms with van der Waals surface area (Å²) in [5.74, 6) is 1.36. The van der Waals surface area contributed by atoms with Crippen molar-refractivity contribution < 1.29 is 8.42 Å². The number of nitrogens with zero attached hydrogens (tertiary/aromatic N) is 2. The number of benzene rings is 2. The molecular formula is C19H21N5O2S. The zero-order valence-corrected chi connectivity index (χ0v) is 15.6. The van der Waals surface area contributed by atoms with Crippen LogP contribution in [0.4, 0.5) is 17.5 Å². The molecule has 4 N–H and O–H groups in total. The molecule has 0 unspecified atom stereocenters. The Morgan fingerprint density at radius 2 is 1.85 bits per heavy atom. The van der Waals surface area contributed by atoms with Gasteiger partial charge in [-0.1, -0.05) is 43.3 Å². The van der Waals surface area contributed by atoms with Gasteiger partial charge in [0.25, 0.3) is 0 Å². The Bertz CT molecular complexity index is 1010. The minimum absolute atomic E-state index is 0.0264. The van der Waals surface area contributed by atoms with E-state index in [0.29, 0.717) is 23.4 Å². The van der Waals surface area contributed by atoms with E-state index in [4.69, 9.17) is 5.14 Å². The second kappa shape index (κ2) is 8.15. The number of primary sulfonamides is 1. The molecule has 3 aromatic rings. The van der Waals surface area contributed by atoms with Gasteiger partial charge in [0, 0.05) is 18.4 Å². The third-order valence-corrected chi connectivity index (χ3v) is 4.94. The molecule has 27 heavy (non-hydrogen) atoms. The fraction of sp³-hybridized carbons (Fsp3) is 0.158. The predicted octanol–water partition coefficient (Wildman–Crippen LogP) is 3.08. The van der Waals surface area contributed by atoms with Crippen molar-refractivity contribution in [1.29, 1.82) is 0 Å². The lowest BCUT2D eigenvalue weighted by Gasteiger charge is -2.14. The molecule has 8 heteroatoms. The molecule has 2 aromatic carbocycles. The highest BCUT2D eigenvalue weighted by molar-refractivity contribution is 7.89. The Morgan fingerprint density at radius 3 is 2.59 bits per heavy atom. The second-order valence-electron chi connectivity index (χ2n) is 6.16. The highest BCUT2D eigenvalue weighted by Gasteiger charge is 2.09. The van der Waals surface area contributed by atoms with Crippen LogP contribution in [0.1, 0.15) is 18.4 Å². The Morgan fingerprint density at radius 1 is 1.07 bits per heavy atom. The fourth-order valence-corrected chi connectivity index (χ4v) is 3.11. The summed E-state index contributed by atoms with van der Waals surface area (Å²) in [6.45, 7) is 2.86. The van der Waals surface area contributed by atoms with Gasteiger partial charge in [0.1, 0.15) is 5.82 Å². The summed E-state index contributed by atoms with van der Waals surface area (Å²) < 4.78 is 22.9.